The highest BCUT2D eigenvalue weighted by Crippen LogP contribution is 1.85. The maximum absolute atomic E-state index is 4.84. The third-order valence-corrected chi connectivity index (χ3v) is 0.900. The third-order valence-electron chi connectivity index (χ3n) is 0.900. The summed E-state index contributed by atoms with van der Waals surface area (Å²) in [4.78, 5) is 0. The minimum absolute atomic E-state index is 0.819. The Hall–Kier alpha value is -0.920. The van der Waals surface area contributed by atoms with Crippen molar-refractivity contribution in [3.8, 4) is 0 Å². The van der Waals surface area contributed by atoms with E-state index >= 15 is 0 Å². The molecule has 0 heterocycles. The van der Waals surface area contributed by atoms with E-state index in [0.717, 1.165) is 13.0 Å². The van der Waals surface area contributed by atoms with E-state index in [9.17, 15) is 0 Å². The standard InChI is InChI=1S/C6H12O.C3H6O/c1-3-5-6-7-4-2;1-3-4-2/h4H,2-3,5-6H2,1H3;3H,1H2,2H3. The van der Waals surface area contributed by atoms with E-state index < -0.39 is 0 Å². The molecule has 0 saturated carbocycles. The van der Waals surface area contributed by atoms with Gasteiger partial charge in [0.2, 0.25) is 0 Å². The Kier molecular flexibility index (Phi) is 18.6. The molecule has 0 saturated heterocycles. The van der Waals surface area contributed by atoms with Gasteiger partial charge in [0.25, 0.3) is 0 Å². The second-order valence-electron chi connectivity index (χ2n) is 1.79. The van der Waals surface area contributed by atoms with Crippen molar-refractivity contribution in [2.24, 2.45) is 0 Å². The molecule has 0 radical (unpaired) electrons. The lowest BCUT2D eigenvalue weighted by atomic mass is 10.4. The van der Waals surface area contributed by atoms with Gasteiger partial charge >= 0.3 is 0 Å². The summed E-state index contributed by atoms with van der Waals surface area (Å²) in [5, 5.41) is 0. The fourth-order valence-electron chi connectivity index (χ4n) is 0.311. The SMILES string of the molecule is C=COC.C=COCCCC. The van der Waals surface area contributed by atoms with Crippen LogP contribution in [0.15, 0.2) is 25.7 Å². The van der Waals surface area contributed by atoms with Crippen LogP contribution in [0.2, 0.25) is 0 Å². The summed E-state index contributed by atoms with van der Waals surface area (Å²) < 4.78 is 9.14. The van der Waals surface area contributed by atoms with Gasteiger partial charge in [-0.05, 0) is 6.42 Å². The van der Waals surface area contributed by atoms with Crippen LogP contribution in [0, 0.1) is 0 Å². The van der Waals surface area contributed by atoms with Crippen LogP contribution in [0.4, 0.5) is 0 Å². The van der Waals surface area contributed by atoms with Crippen LogP contribution in [0.1, 0.15) is 19.8 Å². The van der Waals surface area contributed by atoms with Gasteiger partial charge < -0.3 is 9.47 Å². The summed E-state index contributed by atoms with van der Waals surface area (Å²) in [6.45, 7) is 9.62. The second-order valence-corrected chi connectivity index (χ2v) is 1.79. The van der Waals surface area contributed by atoms with Gasteiger partial charge in [0.05, 0.1) is 26.2 Å². The highest BCUT2D eigenvalue weighted by molar-refractivity contribution is 4.47. The lowest BCUT2D eigenvalue weighted by molar-refractivity contribution is 0.245. The van der Waals surface area contributed by atoms with Crippen LogP contribution in [-0.4, -0.2) is 13.7 Å². The molecule has 2 heteroatoms. The number of ether oxygens (including phenoxy) is 2. The van der Waals surface area contributed by atoms with E-state index in [0.29, 0.717) is 0 Å². The van der Waals surface area contributed by atoms with Crippen molar-refractivity contribution in [1.82, 2.24) is 0 Å². The molecular formula is C9H18O2. The summed E-state index contributed by atoms with van der Waals surface area (Å²) >= 11 is 0. The monoisotopic (exact) mass is 158 g/mol. The lowest BCUT2D eigenvalue weighted by Gasteiger charge is -1.93. The van der Waals surface area contributed by atoms with Crippen LogP contribution >= 0.6 is 0 Å². The Labute approximate surface area is 69.5 Å². The van der Waals surface area contributed by atoms with Gasteiger partial charge in [-0.2, -0.15) is 0 Å². The van der Waals surface area contributed by atoms with Crippen molar-refractivity contribution in [3.05, 3.63) is 25.7 Å². The van der Waals surface area contributed by atoms with Gasteiger partial charge in [0.15, 0.2) is 0 Å². The van der Waals surface area contributed by atoms with Crippen LogP contribution in [0.5, 0.6) is 0 Å². The maximum Gasteiger partial charge on any atom is 0.0872 e. The van der Waals surface area contributed by atoms with E-state index in [1.165, 1.54) is 18.9 Å². The normalized spacial score (nSPS) is 7.09. The molecular weight excluding hydrogens is 140 g/mol. The predicted octanol–water partition coefficient (Wildman–Crippen LogP) is 2.72. The van der Waals surface area contributed by atoms with Crippen LogP contribution < -0.4 is 0 Å². The van der Waals surface area contributed by atoms with E-state index in [1.54, 1.807) is 7.11 Å². The molecule has 2 nitrogen and oxygen atoms in total. The minimum Gasteiger partial charge on any atom is -0.505 e. The first-order chi connectivity index (χ1) is 5.33. The predicted molar refractivity (Wildman–Crippen MR) is 48.3 cm³/mol. The molecule has 0 fully saturated rings. The molecule has 0 bridgehead atoms. The smallest absolute Gasteiger partial charge is 0.0872 e. The van der Waals surface area contributed by atoms with Crippen LogP contribution in [-0.2, 0) is 9.47 Å². The molecule has 0 atom stereocenters. The summed E-state index contributed by atoms with van der Waals surface area (Å²) in [7, 11) is 1.56. The molecule has 0 unspecified atom stereocenters. The molecule has 0 aromatic rings. The summed E-state index contributed by atoms with van der Waals surface area (Å²) in [5.74, 6) is 0. The summed E-state index contributed by atoms with van der Waals surface area (Å²) in [6, 6.07) is 0. The van der Waals surface area contributed by atoms with Gasteiger partial charge in [-0.1, -0.05) is 26.5 Å². The first kappa shape index (κ1) is 12.7. The lowest BCUT2D eigenvalue weighted by Crippen LogP contribution is -1.83. The van der Waals surface area contributed by atoms with Crippen molar-refractivity contribution < 1.29 is 9.47 Å². The van der Waals surface area contributed by atoms with Crippen molar-refractivity contribution >= 4 is 0 Å². The van der Waals surface area contributed by atoms with Gasteiger partial charge in [-0.3, -0.25) is 0 Å². The Bertz CT molecular complexity index is 79.6. The van der Waals surface area contributed by atoms with Gasteiger partial charge in [0, 0.05) is 0 Å². The Morgan fingerprint density at radius 2 is 1.82 bits per heavy atom. The molecule has 0 aliphatic heterocycles. The Morgan fingerprint density at radius 1 is 1.27 bits per heavy atom. The molecule has 0 N–H and O–H groups in total. The number of rotatable bonds is 5. The van der Waals surface area contributed by atoms with Gasteiger partial charge in [-0.15, -0.1) is 0 Å². The average molecular weight is 158 g/mol. The van der Waals surface area contributed by atoms with Gasteiger partial charge in [-0.25, -0.2) is 0 Å². The topological polar surface area (TPSA) is 18.5 Å². The number of methoxy groups -OCH3 is 1. The highest BCUT2D eigenvalue weighted by atomic mass is 16.5. The quantitative estimate of drug-likeness (QED) is 0.452. The highest BCUT2D eigenvalue weighted by Gasteiger charge is 1.76. The van der Waals surface area contributed by atoms with Crippen molar-refractivity contribution in [1.29, 1.82) is 0 Å². The number of hydrogen-bond donors (Lipinski definition) is 0. The molecule has 11 heavy (non-hydrogen) atoms. The average Bonchev–Trinajstić information content (AvgIpc) is 2.06. The van der Waals surface area contributed by atoms with E-state index in [2.05, 4.69) is 24.8 Å². The van der Waals surface area contributed by atoms with Crippen LogP contribution in [0.3, 0.4) is 0 Å². The van der Waals surface area contributed by atoms with Crippen molar-refractivity contribution in [2.45, 2.75) is 19.8 Å². The first-order valence-corrected chi connectivity index (χ1v) is 3.69. The second kappa shape index (κ2) is 16.0. The zero-order chi connectivity index (χ0) is 8.95. The molecule has 0 aromatic heterocycles. The third kappa shape index (κ3) is 27.3. The Balaban J connectivity index is 0. The van der Waals surface area contributed by atoms with Crippen molar-refractivity contribution in [2.75, 3.05) is 13.7 Å². The molecule has 0 spiro atoms. The maximum atomic E-state index is 4.84. The van der Waals surface area contributed by atoms with E-state index in [1.807, 2.05) is 0 Å². The molecule has 0 rings (SSSR count). The largest absolute Gasteiger partial charge is 0.505 e. The number of unbranched alkanes of at least 4 members (excludes halogenated alkanes) is 1. The first-order valence-electron chi connectivity index (χ1n) is 3.69. The molecule has 0 amide bonds. The fourth-order valence-corrected chi connectivity index (χ4v) is 0.311. The van der Waals surface area contributed by atoms with Gasteiger partial charge in [0.1, 0.15) is 0 Å². The fraction of sp³-hybridized carbons (Fsp3) is 0.556. The zero-order valence-corrected chi connectivity index (χ0v) is 7.51. The Morgan fingerprint density at radius 3 is 2.09 bits per heavy atom. The van der Waals surface area contributed by atoms with E-state index in [-0.39, 0.29) is 0 Å². The molecule has 0 aromatic carbocycles. The minimum atomic E-state index is 0.819. The molecule has 66 valence electrons. The van der Waals surface area contributed by atoms with Crippen LogP contribution in [0.25, 0.3) is 0 Å². The zero-order valence-electron chi connectivity index (χ0n) is 7.51. The molecule has 0 aliphatic rings. The summed E-state index contributed by atoms with van der Waals surface area (Å²) in [5.41, 5.74) is 0. The molecule has 0 aliphatic carbocycles. The van der Waals surface area contributed by atoms with E-state index in [4.69, 9.17) is 4.74 Å². The number of hydrogen-bond acceptors (Lipinski definition) is 2. The van der Waals surface area contributed by atoms with Crippen molar-refractivity contribution in [3.63, 3.8) is 0 Å². The summed E-state index contributed by atoms with van der Waals surface area (Å²) in [6.07, 6.45) is 5.18.